The van der Waals surface area contributed by atoms with E-state index in [-0.39, 0.29) is 6.04 Å². The Morgan fingerprint density at radius 1 is 1.38 bits per heavy atom. The van der Waals surface area contributed by atoms with Crippen molar-refractivity contribution in [2.45, 2.75) is 26.3 Å². The highest BCUT2D eigenvalue weighted by molar-refractivity contribution is 9.10. The van der Waals surface area contributed by atoms with Gasteiger partial charge in [0.25, 0.3) is 0 Å². The van der Waals surface area contributed by atoms with Crippen molar-refractivity contribution in [3.63, 3.8) is 0 Å². The van der Waals surface area contributed by atoms with E-state index in [1.165, 1.54) is 0 Å². The second kappa shape index (κ2) is 7.14. The van der Waals surface area contributed by atoms with Crippen molar-refractivity contribution in [2.75, 3.05) is 6.54 Å². The topological polar surface area (TPSA) is 29.9 Å². The van der Waals surface area contributed by atoms with Gasteiger partial charge in [-0.3, -0.25) is 4.68 Å². The predicted octanol–water partition coefficient (Wildman–Crippen LogP) is 4.69. The lowest BCUT2D eigenvalue weighted by Crippen LogP contribution is -2.24. The molecular weight excluding hydrogens is 373 g/mol. The lowest BCUT2D eigenvalue weighted by Gasteiger charge is -2.20. The van der Waals surface area contributed by atoms with Crippen molar-refractivity contribution in [1.29, 1.82) is 0 Å². The van der Waals surface area contributed by atoms with Gasteiger partial charge in [0.1, 0.15) is 0 Å². The molecule has 1 aromatic heterocycles. The van der Waals surface area contributed by atoms with Gasteiger partial charge in [0.2, 0.25) is 0 Å². The van der Waals surface area contributed by atoms with E-state index in [2.05, 4.69) is 33.3 Å². The van der Waals surface area contributed by atoms with Crippen LogP contribution in [0.5, 0.6) is 0 Å². The molecule has 0 saturated carbocycles. The third-order valence-corrected chi connectivity index (χ3v) is 5.33. The van der Waals surface area contributed by atoms with Gasteiger partial charge in [0.05, 0.1) is 25.9 Å². The maximum Gasteiger partial charge on any atom is 0.0738 e. The van der Waals surface area contributed by atoms with Crippen LogP contribution in [0.3, 0.4) is 0 Å². The van der Waals surface area contributed by atoms with Crippen LogP contribution in [0.1, 0.15) is 29.9 Å². The summed E-state index contributed by atoms with van der Waals surface area (Å²) in [6.45, 7) is 4.92. The van der Waals surface area contributed by atoms with E-state index in [4.69, 9.17) is 23.2 Å². The zero-order valence-corrected chi connectivity index (χ0v) is 15.3. The summed E-state index contributed by atoms with van der Waals surface area (Å²) in [5.41, 5.74) is 3.13. The van der Waals surface area contributed by atoms with E-state index >= 15 is 0 Å². The molecule has 0 amide bonds. The number of nitrogens with zero attached hydrogens (tertiary/aromatic N) is 2. The minimum atomic E-state index is 0.0901. The first-order valence-electron chi connectivity index (χ1n) is 6.81. The molecule has 0 radical (unpaired) electrons. The minimum Gasteiger partial charge on any atom is -0.310 e. The molecule has 1 unspecified atom stereocenters. The maximum atomic E-state index is 6.37. The summed E-state index contributed by atoms with van der Waals surface area (Å²) in [6, 6.07) is 5.84. The first-order valence-corrected chi connectivity index (χ1v) is 8.35. The third-order valence-electron chi connectivity index (χ3n) is 3.47. The van der Waals surface area contributed by atoms with Gasteiger partial charge in [-0.1, -0.05) is 42.3 Å². The smallest absolute Gasteiger partial charge is 0.0738 e. The Bertz CT molecular complexity index is 640. The number of rotatable bonds is 5. The molecule has 1 heterocycles. The van der Waals surface area contributed by atoms with Crippen LogP contribution < -0.4 is 5.32 Å². The molecule has 21 heavy (non-hydrogen) atoms. The minimum absolute atomic E-state index is 0.0901. The van der Waals surface area contributed by atoms with Crippen LogP contribution in [0, 0.1) is 6.92 Å². The highest BCUT2D eigenvalue weighted by Crippen LogP contribution is 2.33. The van der Waals surface area contributed by atoms with Gasteiger partial charge in [-0.25, -0.2) is 0 Å². The average Bonchev–Trinajstić information content (AvgIpc) is 2.68. The second-order valence-electron chi connectivity index (χ2n) is 4.93. The Morgan fingerprint density at radius 2 is 2.10 bits per heavy atom. The maximum absolute atomic E-state index is 6.37. The van der Waals surface area contributed by atoms with E-state index in [1.54, 1.807) is 6.07 Å². The standard InChI is InChI=1S/C15H18BrCl2N3/c1-4-19-12(10-6-5-7-11(17)15(10)18)8-13-14(16)9(2)20-21(13)3/h5-7,12,19H,4,8H2,1-3H3. The molecule has 0 aliphatic rings. The van der Waals surface area contributed by atoms with Gasteiger partial charge in [-0.15, -0.1) is 0 Å². The number of likely N-dealkylation sites (N-methyl/N-ethyl adjacent to an activating group) is 1. The first kappa shape index (κ1) is 16.8. The van der Waals surface area contributed by atoms with Crippen LogP contribution in [0.15, 0.2) is 22.7 Å². The lowest BCUT2D eigenvalue weighted by atomic mass is 10.0. The number of benzene rings is 1. The van der Waals surface area contributed by atoms with Crippen molar-refractivity contribution in [3.05, 3.63) is 49.7 Å². The quantitative estimate of drug-likeness (QED) is 0.802. The van der Waals surface area contributed by atoms with Crippen molar-refractivity contribution >= 4 is 39.1 Å². The van der Waals surface area contributed by atoms with Gasteiger partial charge in [0.15, 0.2) is 0 Å². The highest BCUT2D eigenvalue weighted by atomic mass is 79.9. The van der Waals surface area contributed by atoms with E-state index < -0.39 is 0 Å². The van der Waals surface area contributed by atoms with Gasteiger partial charge in [0, 0.05) is 19.5 Å². The number of aromatic nitrogens is 2. The Balaban J connectivity index is 2.38. The monoisotopic (exact) mass is 389 g/mol. The van der Waals surface area contributed by atoms with Gasteiger partial charge >= 0.3 is 0 Å². The summed E-state index contributed by atoms with van der Waals surface area (Å²) in [7, 11) is 1.95. The molecule has 1 aromatic carbocycles. The Labute approximate surface area is 143 Å². The van der Waals surface area contributed by atoms with Crippen LogP contribution in [0.2, 0.25) is 10.0 Å². The molecule has 0 fully saturated rings. The fourth-order valence-electron chi connectivity index (χ4n) is 2.42. The summed E-state index contributed by atoms with van der Waals surface area (Å²) in [6.07, 6.45) is 0.784. The molecule has 0 bridgehead atoms. The van der Waals surface area contributed by atoms with Crippen LogP contribution in [0.4, 0.5) is 0 Å². The summed E-state index contributed by atoms with van der Waals surface area (Å²) in [5, 5.41) is 9.11. The van der Waals surface area contributed by atoms with Crippen LogP contribution in [0.25, 0.3) is 0 Å². The molecular formula is C15H18BrCl2N3. The average molecular weight is 391 g/mol. The molecule has 0 saturated heterocycles. The molecule has 0 aliphatic carbocycles. The number of nitrogens with one attached hydrogen (secondary N) is 1. The lowest BCUT2D eigenvalue weighted by molar-refractivity contribution is 0.528. The number of hydrogen-bond acceptors (Lipinski definition) is 2. The normalized spacial score (nSPS) is 12.7. The first-order chi connectivity index (χ1) is 9.95. The molecule has 2 aromatic rings. The number of aryl methyl sites for hydroxylation is 2. The third kappa shape index (κ3) is 3.62. The van der Waals surface area contributed by atoms with Gasteiger partial charge < -0.3 is 5.32 Å². The fourth-order valence-corrected chi connectivity index (χ4v) is 3.36. The summed E-state index contributed by atoms with van der Waals surface area (Å²) in [5.74, 6) is 0. The van der Waals surface area contributed by atoms with E-state index in [0.29, 0.717) is 10.0 Å². The molecule has 1 N–H and O–H groups in total. The Morgan fingerprint density at radius 3 is 2.67 bits per heavy atom. The van der Waals surface area contributed by atoms with E-state index in [9.17, 15) is 0 Å². The van der Waals surface area contributed by atoms with Crippen LogP contribution in [-0.4, -0.2) is 16.3 Å². The Hall–Kier alpha value is -0.550. The SMILES string of the molecule is CCNC(Cc1c(Br)c(C)nn1C)c1cccc(Cl)c1Cl. The van der Waals surface area contributed by atoms with Crippen LogP contribution in [-0.2, 0) is 13.5 Å². The molecule has 114 valence electrons. The van der Waals surface area contributed by atoms with Crippen molar-refractivity contribution in [1.82, 2.24) is 15.1 Å². The van der Waals surface area contributed by atoms with Crippen molar-refractivity contribution < 1.29 is 0 Å². The number of hydrogen-bond donors (Lipinski definition) is 1. The molecule has 3 nitrogen and oxygen atoms in total. The number of halogens is 3. The van der Waals surface area contributed by atoms with E-state index in [1.807, 2.05) is 30.8 Å². The molecule has 2 rings (SSSR count). The summed E-state index contributed by atoms with van der Waals surface area (Å²) in [4.78, 5) is 0. The van der Waals surface area contributed by atoms with E-state index in [0.717, 1.165) is 34.4 Å². The predicted molar refractivity (Wildman–Crippen MR) is 92.2 cm³/mol. The molecule has 6 heteroatoms. The van der Waals surface area contributed by atoms with Gasteiger partial charge in [-0.2, -0.15) is 5.10 Å². The Kier molecular flexibility index (Phi) is 5.72. The van der Waals surface area contributed by atoms with Crippen LogP contribution >= 0.6 is 39.1 Å². The second-order valence-corrected chi connectivity index (χ2v) is 6.51. The molecule has 0 aliphatic heterocycles. The summed E-state index contributed by atoms with van der Waals surface area (Å²) < 4.78 is 2.95. The molecule has 0 spiro atoms. The largest absolute Gasteiger partial charge is 0.310 e. The van der Waals surface area contributed by atoms with Crippen molar-refractivity contribution in [3.8, 4) is 0 Å². The summed E-state index contributed by atoms with van der Waals surface area (Å²) >= 11 is 16.1. The zero-order chi connectivity index (χ0) is 15.6. The fraction of sp³-hybridized carbons (Fsp3) is 0.400. The van der Waals surface area contributed by atoms with Crippen molar-refractivity contribution in [2.24, 2.45) is 7.05 Å². The van der Waals surface area contributed by atoms with Gasteiger partial charge in [-0.05, 0) is 41.0 Å². The zero-order valence-electron chi connectivity index (χ0n) is 12.3. The molecule has 1 atom stereocenters. The highest BCUT2D eigenvalue weighted by Gasteiger charge is 2.20.